The number of carbonyl (C=O) groups excluding carboxylic acids is 1. The van der Waals surface area contributed by atoms with Crippen LogP contribution in [0, 0.1) is 10.5 Å². The van der Waals surface area contributed by atoms with Crippen molar-refractivity contribution in [3.8, 4) is 0 Å². The van der Waals surface area contributed by atoms with Gasteiger partial charge in [-0.25, -0.2) is 0 Å². The Balaban J connectivity index is 2.28. The summed E-state index contributed by atoms with van der Waals surface area (Å²) in [6, 6.07) is 10.8. The molecular weight excluding hydrogens is 375 g/mol. The summed E-state index contributed by atoms with van der Waals surface area (Å²) in [5.41, 5.74) is 8.27. The summed E-state index contributed by atoms with van der Waals surface area (Å²) >= 11 is 8.24. The molecule has 2 aromatic carbocycles. The zero-order valence-corrected chi connectivity index (χ0v) is 13.1. The third-order valence-electron chi connectivity index (χ3n) is 2.63. The molecule has 2 aromatic rings. The van der Waals surface area contributed by atoms with Crippen molar-refractivity contribution in [3.63, 3.8) is 0 Å². The van der Waals surface area contributed by atoms with Gasteiger partial charge in [-0.1, -0.05) is 23.2 Å². The summed E-state index contributed by atoms with van der Waals surface area (Å²) in [7, 11) is 0. The van der Waals surface area contributed by atoms with E-state index in [1.165, 1.54) is 0 Å². The third kappa shape index (κ3) is 3.39. The van der Waals surface area contributed by atoms with Gasteiger partial charge in [0.15, 0.2) is 0 Å². The fourth-order valence-electron chi connectivity index (χ4n) is 1.65. The molecule has 19 heavy (non-hydrogen) atoms. The Labute approximate surface area is 130 Å². The summed E-state index contributed by atoms with van der Waals surface area (Å²) < 4.78 is 1.01. The van der Waals surface area contributed by atoms with Gasteiger partial charge in [-0.2, -0.15) is 0 Å². The van der Waals surface area contributed by atoms with Crippen LogP contribution < -0.4 is 11.1 Å². The van der Waals surface area contributed by atoms with Crippen LogP contribution in [0.15, 0.2) is 36.4 Å². The molecule has 0 fully saturated rings. The smallest absolute Gasteiger partial charge is 0.257 e. The van der Waals surface area contributed by atoms with E-state index in [1.807, 2.05) is 19.1 Å². The highest BCUT2D eigenvalue weighted by atomic mass is 127. The van der Waals surface area contributed by atoms with E-state index in [9.17, 15) is 4.79 Å². The summed E-state index contributed by atoms with van der Waals surface area (Å²) in [6.07, 6.45) is 0. The van der Waals surface area contributed by atoms with Crippen molar-refractivity contribution in [2.45, 2.75) is 6.92 Å². The van der Waals surface area contributed by atoms with Gasteiger partial charge in [-0.05, 0) is 59.8 Å². The molecule has 0 aliphatic carbocycles. The standard InChI is InChI=1S/C14H12ClIN2O/c1-8-2-4-12(17)10(6-8)14(19)18-13-5-3-9(16)7-11(13)15/h2-7H,17H2,1H3,(H,18,19). The molecule has 0 heterocycles. The summed E-state index contributed by atoms with van der Waals surface area (Å²) in [4.78, 5) is 12.2. The van der Waals surface area contributed by atoms with Crippen LogP contribution in [-0.2, 0) is 0 Å². The lowest BCUT2D eigenvalue weighted by molar-refractivity contribution is 0.102. The second-order valence-electron chi connectivity index (χ2n) is 4.17. The van der Waals surface area contributed by atoms with Crippen molar-refractivity contribution >= 4 is 51.5 Å². The summed E-state index contributed by atoms with van der Waals surface area (Å²) in [5, 5.41) is 3.27. The Morgan fingerprint density at radius 1 is 1.26 bits per heavy atom. The van der Waals surface area contributed by atoms with Gasteiger partial charge in [0.25, 0.3) is 5.91 Å². The molecule has 0 atom stereocenters. The quantitative estimate of drug-likeness (QED) is 0.603. The second kappa shape index (κ2) is 5.79. The largest absolute Gasteiger partial charge is 0.398 e. The van der Waals surface area contributed by atoms with Crippen LogP contribution >= 0.6 is 34.2 Å². The molecule has 0 saturated carbocycles. The molecule has 0 unspecified atom stereocenters. The van der Waals surface area contributed by atoms with E-state index in [1.54, 1.807) is 24.3 Å². The minimum absolute atomic E-state index is 0.260. The van der Waals surface area contributed by atoms with E-state index in [4.69, 9.17) is 17.3 Å². The van der Waals surface area contributed by atoms with Crippen LogP contribution in [0.4, 0.5) is 11.4 Å². The van der Waals surface area contributed by atoms with Crippen molar-refractivity contribution in [2.75, 3.05) is 11.1 Å². The number of hydrogen-bond donors (Lipinski definition) is 2. The van der Waals surface area contributed by atoms with Crippen LogP contribution in [0.25, 0.3) is 0 Å². The van der Waals surface area contributed by atoms with Crippen LogP contribution in [0.5, 0.6) is 0 Å². The number of hydrogen-bond acceptors (Lipinski definition) is 2. The highest BCUT2D eigenvalue weighted by Crippen LogP contribution is 2.25. The molecule has 0 bridgehead atoms. The van der Waals surface area contributed by atoms with E-state index in [0.29, 0.717) is 22.0 Å². The first kappa shape index (κ1) is 14.1. The second-order valence-corrected chi connectivity index (χ2v) is 5.82. The fourth-order valence-corrected chi connectivity index (χ4v) is 2.55. The first-order valence-electron chi connectivity index (χ1n) is 5.60. The van der Waals surface area contributed by atoms with E-state index >= 15 is 0 Å². The Bertz CT molecular complexity index is 643. The maximum atomic E-state index is 12.2. The molecule has 0 aromatic heterocycles. The van der Waals surface area contributed by atoms with Gasteiger partial charge in [-0.3, -0.25) is 4.79 Å². The molecule has 0 radical (unpaired) electrons. The van der Waals surface area contributed by atoms with Gasteiger partial charge in [0.2, 0.25) is 0 Å². The molecule has 5 heteroatoms. The molecule has 0 saturated heterocycles. The fraction of sp³-hybridized carbons (Fsp3) is 0.0714. The molecule has 0 aliphatic heterocycles. The number of nitrogens with two attached hydrogens (primary N) is 1. The summed E-state index contributed by atoms with van der Waals surface area (Å²) in [6.45, 7) is 1.91. The average Bonchev–Trinajstić information content (AvgIpc) is 2.35. The lowest BCUT2D eigenvalue weighted by atomic mass is 10.1. The Morgan fingerprint density at radius 2 is 2.00 bits per heavy atom. The third-order valence-corrected chi connectivity index (χ3v) is 3.62. The Hall–Kier alpha value is -1.27. The van der Waals surface area contributed by atoms with Gasteiger partial charge >= 0.3 is 0 Å². The molecule has 2 rings (SSSR count). The molecule has 98 valence electrons. The highest BCUT2D eigenvalue weighted by molar-refractivity contribution is 14.1. The Morgan fingerprint density at radius 3 is 2.68 bits per heavy atom. The number of nitrogens with one attached hydrogen (secondary N) is 1. The van der Waals surface area contributed by atoms with Gasteiger partial charge in [-0.15, -0.1) is 0 Å². The molecule has 3 nitrogen and oxygen atoms in total. The average molecular weight is 387 g/mol. The van der Waals surface area contributed by atoms with Crippen LogP contribution in [-0.4, -0.2) is 5.91 Å². The van der Waals surface area contributed by atoms with E-state index in [2.05, 4.69) is 27.9 Å². The van der Waals surface area contributed by atoms with Gasteiger partial charge in [0, 0.05) is 9.26 Å². The van der Waals surface area contributed by atoms with Crippen molar-refractivity contribution in [1.82, 2.24) is 0 Å². The maximum Gasteiger partial charge on any atom is 0.257 e. The van der Waals surface area contributed by atoms with Crippen LogP contribution in [0.2, 0.25) is 5.02 Å². The summed E-state index contributed by atoms with van der Waals surface area (Å²) in [5.74, 6) is -0.260. The van der Waals surface area contributed by atoms with E-state index in [-0.39, 0.29) is 5.91 Å². The zero-order chi connectivity index (χ0) is 14.0. The minimum Gasteiger partial charge on any atom is -0.398 e. The number of benzene rings is 2. The Kier molecular flexibility index (Phi) is 4.31. The number of rotatable bonds is 2. The highest BCUT2D eigenvalue weighted by Gasteiger charge is 2.11. The first-order valence-corrected chi connectivity index (χ1v) is 7.05. The number of amides is 1. The van der Waals surface area contributed by atoms with Crippen molar-refractivity contribution in [1.29, 1.82) is 0 Å². The lowest BCUT2D eigenvalue weighted by Gasteiger charge is -2.10. The monoisotopic (exact) mass is 386 g/mol. The van der Waals surface area contributed by atoms with E-state index < -0.39 is 0 Å². The van der Waals surface area contributed by atoms with Crippen molar-refractivity contribution in [3.05, 3.63) is 56.1 Å². The first-order chi connectivity index (χ1) is 8.97. The van der Waals surface area contributed by atoms with Gasteiger partial charge in [0.1, 0.15) is 0 Å². The van der Waals surface area contributed by atoms with Crippen molar-refractivity contribution < 1.29 is 4.79 Å². The topological polar surface area (TPSA) is 55.1 Å². The molecule has 0 spiro atoms. The predicted octanol–water partition coefficient (Wildman–Crippen LogP) is 4.09. The molecular formula is C14H12ClIN2O. The minimum atomic E-state index is -0.260. The number of nitrogen functional groups attached to an aromatic ring is 1. The molecule has 0 aliphatic rings. The number of halogens is 2. The molecule has 3 N–H and O–H groups in total. The van der Waals surface area contributed by atoms with E-state index in [0.717, 1.165) is 9.13 Å². The normalized spacial score (nSPS) is 10.3. The SMILES string of the molecule is Cc1ccc(N)c(C(=O)Nc2ccc(I)cc2Cl)c1. The maximum absolute atomic E-state index is 12.2. The van der Waals surface area contributed by atoms with Gasteiger partial charge < -0.3 is 11.1 Å². The number of anilines is 2. The lowest BCUT2D eigenvalue weighted by Crippen LogP contribution is -2.14. The number of carbonyl (C=O) groups is 1. The van der Waals surface area contributed by atoms with Crippen molar-refractivity contribution in [2.24, 2.45) is 0 Å². The van der Waals surface area contributed by atoms with Crippen LogP contribution in [0.3, 0.4) is 0 Å². The van der Waals surface area contributed by atoms with Crippen LogP contribution in [0.1, 0.15) is 15.9 Å². The number of aryl methyl sites for hydroxylation is 1. The molecule has 1 amide bonds. The zero-order valence-electron chi connectivity index (χ0n) is 10.2. The predicted molar refractivity (Wildman–Crippen MR) is 87.7 cm³/mol. The van der Waals surface area contributed by atoms with Gasteiger partial charge in [0.05, 0.1) is 16.3 Å².